The molecule has 0 amide bonds. The van der Waals surface area contributed by atoms with Crippen LogP contribution in [0.25, 0.3) is 0 Å². The fourth-order valence-electron chi connectivity index (χ4n) is 4.55. The molecule has 2 fully saturated rings. The van der Waals surface area contributed by atoms with E-state index < -0.39 is 0 Å². The largest absolute Gasteiger partial charge is 0.311 e. The van der Waals surface area contributed by atoms with Gasteiger partial charge < -0.3 is 5.32 Å². The maximum Gasteiger partial charge on any atom is 0.00754 e. The summed E-state index contributed by atoms with van der Waals surface area (Å²) in [6, 6.07) is 1.52. The standard InChI is InChI=1S/C17H29N/c1-12-4-3-5-16(9-6-12)18-13(2)17-11-14-7-8-15(17)10-14/h7-8,12-18H,3-6,9-11H2,1-2H3. The van der Waals surface area contributed by atoms with Gasteiger partial charge in [0.1, 0.15) is 0 Å². The van der Waals surface area contributed by atoms with Crippen molar-refractivity contribution in [3.63, 3.8) is 0 Å². The molecule has 0 aromatic heterocycles. The van der Waals surface area contributed by atoms with Crippen molar-refractivity contribution in [2.45, 2.75) is 70.9 Å². The van der Waals surface area contributed by atoms with E-state index >= 15 is 0 Å². The number of hydrogen-bond acceptors (Lipinski definition) is 1. The zero-order valence-corrected chi connectivity index (χ0v) is 12.1. The third-order valence-electron chi connectivity index (χ3n) is 5.73. The molecule has 2 saturated carbocycles. The highest BCUT2D eigenvalue weighted by molar-refractivity contribution is 5.11. The van der Waals surface area contributed by atoms with Crippen LogP contribution in [0, 0.1) is 23.7 Å². The Morgan fingerprint density at radius 2 is 1.94 bits per heavy atom. The molecule has 0 heterocycles. The lowest BCUT2D eigenvalue weighted by molar-refractivity contribution is 0.287. The quantitative estimate of drug-likeness (QED) is 0.583. The van der Waals surface area contributed by atoms with Crippen molar-refractivity contribution >= 4 is 0 Å². The predicted molar refractivity (Wildman–Crippen MR) is 77.5 cm³/mol. The Labute approximate surface area is 112 Å². The van der Waals surface area contributed by atoms with E-state index in [2.05, 4.69) is 31.3 Å². The first kappa shape index (κ1) is 12.7. The van der Waals surface area contributed by atoms with Crippen LogP contribution in [0.2, 0.25) is 0 Å². The van der Waals surface area contributed by atoms with Crippen LogP contribution in [-0.2, 0) is 0 Å². The third-order valence-corrected chi connectivity index (χ3v) is 5.73. The lowest BCUT2D eigenvalue weighted by atomic mass is 9.87. The molecule has 18 heavy (non-hydrogen) atoms. The second-order valence-electron chi connectivity index (χ2n) is 7.21. The minimum atomic E-state index is 0.725. The molecule has 1 heteroatoms. The maximum atomic E-state index is 3.97. The van der Waals surface area contributed by atoms with Crippen molar-refractivity contribution in [2.75, 3.05) is 0 Å². The number of rotatable bonds is 3. The highest BCUT2D eigenvalue weighted by Gasteiger charge is 2.38. The Morgan fingerprint density at radius 1 is 1.06 bits per heavy atom. The Kier molecular flexibility index (Phi) is 3.79. The average Bonchev–Trinajstić information content (AvgIpc) is 2.92. The second kappa shape index (κ2) is 5.36. The lowest BCUT2D eigenvalue weighted by Gasteiger charge is -2.30. The normalized spacial score (nSPS) is 45.1. The van der Waals surface area contributed by atoms with Gasteiger partial charge in [-0.2, -0.15) is 0 Å². The molecule has 0 radical (unpaired) electrons. The molecule has 6 unspecified atom stereocenters. The first-order valence-corrected chi connectivity index (χ1v) is 8.16. The first-order chi connectivity index (χ1) is 8.72. The monoisotopic (exact) mass is 247 g/mol. The maximum absolute atomic E-state index is 3.97. The summed E-state index contributed by atoms with van der Waals surface area (Å²) in [6.07, 6.45) is 15.0. The van der Waals surface area contributed by atoms with Gasteiger partial charge in [-0.1, -0.05) is 31.9 Å². The van der Waals surface area contributed by atoms with Crippen LogP contribution >= 0.6 is 0 Å². The minimum absolute atomic E-state index is 0.725. The summed E-state index contributed by atoms with van der Waals surface area (Å²) in [5.74, 6) is 3.68. The zero-order chi connectivity index (χ0) is 12.5. The van der Waals surface area contributed by atoms with E-state index in [9.17, 15) is 0 Å². The number of fused-ring (bicyclic) bond motifs is 2. The van der Waals surface area contributed by atoms with Gasteiger partial charge in [0.05, 0.1) is 0 Å². The van der Waals surface area contributed by atoms with Crippen molar-refractivity contribution in [2.24, 2.45) is 23.7 Å². The number of nitrogens with one attached hydrogen (secondary N) is 1. The van der Waals surface area contributed by atoms with Gasteiger partial charge >= 0.3 is 0 Å². The molecule has 102 valence electrons. The van der Waals surface area contributed by atoms with Crippen molar-refractivity contribution in [3.05, 3.63) is 12.2 Å². The van der Waals surface area contributed by atoms with E-state index in [0.717, 1.165) is 35.8 Å². The highest BCUT2D eigenvalue weighted by atomic mass is 15.0. The number of allylic oxidation sites excluding steroid dienone is 2. The van der Waals surface area contributed by atoms with Gasteiger partial charge in [0, 0.05) is 12.1 Å². The molecule has 6 atom stereocenters. The van der Waals surface area contributed by atoms with Crippen molar-refractivity contribution < 1.29 is 0 Å². The molecule has 0 spiro atoms. The Hall–Kier alpha value is -0.300. The smallest absolute Gasteiger partial charge is 0.00754 e. The Balaban J connectivity index is 1.51. The Morgan fingerprint density at radius 3 is 2.67 bits per heavy atom. The van der Waals surface area contributed by atoms with Gasteiger partial charge in [-0.05, 0) is 62.7 Å². The van der Waals surface area contributed by atoms with Gasteiger partial charge in [-0.3, -0.25) is 0 Å². The van der Waals surface area contributed by atoms with Crippen LogP contribution in [0.1, 0.15) is 58.8 Å². The molecule has 3 aliphatic carbocycles. The van der Waals surface area contributed by atoms with E-state index in [1.807, 2.05) is 0 Å². The van der Waals surface area contributed by atoms with Crippen LogP contribution in [0.4, 0.5) is 0 Å². The van der Waals surface area contributed by atoms with E-state index in [1.165, 1.54) is 44.9 Å². The van der Waals surface area contributed by atoms with Crippen LogP contribution in [0.15, 0.2) is 12.2 Å². The molecule has 1 nitrogen and oxygen atoms in total. The molecular weight excluding hydrogens is 218 g/mol. The predicted octanol–water partition coefficient (Wildman–Crippen LogP) is 4.15. The van der Waals surface area contributed by atoms with Gasteiger partial charge in [-0.15, -0.1) is 0 Å². The number of hydrogen-bond donors (Lipinski definition) is 1. The van der Waals surface area contributed by atoms with Crippen LogP contribution in [0.5, 0.6) is 0 Å². The third kappa shape index (κ3) is 2.66. The van der Waals surface area contributed by atoms with Gasteiger partial charge in [0.15, 0.2) is 0 Å². The van der Waals surface area contributed by atoms with Crippen LogP contribution in [0.3, 0.4) is 0 Å². The van der Waals surface area contributed by atoms with Crippen molar-refractivity contribution in [1.82, 2.24) is 5.32 Å². The van der Waals surface area contributed by atoms with E-state index in [4.69, 9.17) is 0 Å². The first-order valence-electron chi connectivity index (χ1n) is 8.16. The van der Waals surface area contributed by atoms with Crippen LogP contribution in [-0.4, -0.2) is 12.1 Å². The van der Waals surface area contributed by atoms with Crippen molar-refractivity contribution in [1.29, 1.82) is 0 Å². The molecule has 0 aromatic carbocycles. The molecule has 3 rings (SSSR count). The fourth-order valence-corrected chi connectivity index (χ4v) is 4.55. The van der Waals surface area contributed by atoms with Gasteiger partial charge in [-0.25, -0.2) is 0 Å². The lowest BCUT2D eigenvalue weighted by Crippen LogP contribution is -2.42. The van der Waals surface area contributed by atoms with E-state index in [-0.39, 0.29) is 0 Å². The molecule has 1 N–H and O–H groups in total. The molecule has 3 aliphatic rings. The van der Waals surface area contributed by atoms with Crippen molar-refractivity contribution in [3.8, 4) is 0 Å². The molecular formula is C17H29N. The molecule has 2 bridgehead atoms. The summed E-state index contributed by atoms with van der Waals surface area (Å²) >= 11 is 0. The summed E-state index contributed by atoms with van der Waals surface area (Å²) in [6.45, 7) is 4.86. The molecule has 0 aromatic rings. The summed E-state index contributed by atoms with van der Waals surface area (Å²) in [7, 11) is 0. The highest BCUT2D eigenvalue weighted by Crippen LogP contribution is 2.45. The molecule has 0 saturated heterocycles. The van der Waals surface area contributed by atoms with Gasteiger partial charge in [0.2, 0.25) is 0 Å². The topological polar surface area (TPSA) is 12.0 Å². The summed E-state index contributed by atoms with van der Waals surface area (Å²) < 4.78 is 0. The molecule has 0 aliphatic heterocycles. The van der Waals surface area contributed by atoms with Crippen LogP contribution < -0.4 is 5.32 Å². The van der Waals surface area contributed by atoms with E-state index in [1.54, 1.807) is 0 Å². The summed E-state index contributed by atoms with van der Waals surface area (Å²) in [5.41, 5.74) is 0. The van der Waals surface area contributed by atoms with E-state index in [0.29, 0.717) is 0 Å². The zero-order valence-electron chi connectivity index (χ0n) is 12.1. The summed E-state index contributed by atoms with van der Waals surface area (Å²) in [5, 5.41) is 3.97. The summed E-state index contributed by atoms with van der Waals surface area (Å²) in [4.78, 5) is 0. The van der Waals surface area contributed by atoms with Gasteiger partial charge in [0.25, 0.3) is 0 Å². The SMILES string of the molecule is CC1CCCC(NC(C)C2CC3C=CC2C3)CC1. The average molecular weight is 247 g/mol. The Bertz CT molecular complexity index is 309. The fraction of sp³-hybridized carbons (Fsp3) is 0.882. The minimum Gasteiger partial charge on any atom is -0.311 e. The second-order valence-corrected chi connectivity index (χ2v) is 7.21.